The van der Waals surface area contributed by atoms with Crippen LogP contribution in [0, 0.1) is 0 Å². The van der Waals surface area contributed by atoms with Crippen molar-refractivity contribution in [2.24, 2.45) is 0 Å². The quantitative estimate of drug-likeness (QED) is 0.391. The van der Waals surface area contributed by atoms with Gasteiger partial charge in [-0.2, -0.15) is 11.8 Å². The third kappa shape index (κ3) is 14.5. The van der Waals surface area contributed by atoms with E-state index in [4.69, 9.17) is 0 Å². The molecule has 1 N–H and O–H groups in total. The lowest BCUT2D eigenvalue weighted by atomic mass is 10.0. The topological polar surface area (TPSA) is 12.0 Å². The van der Waals surface area contributed by atoms with Gasteiger partial charge in [0.15, 0.2) is 0 Å². The van der Waals surface area contributed by atoms with E-state index in [-0.39, 0.29) is 0 Å². The van der Waals surface area contributed by atoms with Crippen LogP contribution in [-0.2, 0) is 0 Å². The van der Waals surface area contributed by atoms with Crippen molar-refractivity contribution < 1.29 is 0 Å². The summed E-state index contributed by atoms with van der Waals surface area (Å²) in [7, 11) is 0. The molecule has 19 heavy (non-hydrogen) atoms. The van der Waals surface area contributed by atoms with Crippen LogP contribution in [-0.4, -0.2) is 24.6 Å². The highest BCUT2D eigenvalue weighted by Gasteiger charge is 2.06. The van der Waals surface area contributed by atoms with Crippen LogP contribution >= 0.6 is 11.8 Å². The molecule has 0 aromatic carbocycles. The molecule has 0 aliphatic rings. The van der Waals surface area contributed by atoms with Gasteiger partial charge in [0.1, 0.15) is 0 Å². The smallest absolute Gasteiger partial charge is 0.00670 e. The fourth-order valence-electron chi connectivity index (χ4n) is 2.48. The highest BCUT2D eigenvalue weighted by Crippen LogP contribution is 2.11. The lowest BCUT2D eigenvalue weighted by Crippen LogP contribution is -2.30. The highest BCUT2D eigenvalue weighted by atomic mass is 32.2. The van der Waals surface area contributed by atoms with E-state index in [2.05, 4.69) is 25.4 Å². The van der Waals surface area contributed by atoms with Gasteiger partial charge in [0, 0.05) is 6.04 Å². The summed E-state index contributed by atoms with van der Waals surface area (Å²) in [6, 6.07) is 0.790. The molecule has 0 aromatic rings. The van der Waals surface area contributed by atoms with E-state index in [0.29, 0.717) is 0 Å². The molecule has 0 amide bonds. The normalized spacial score (nSPS) is 11.4. The molecule has 0 fully saturated rings. The monoisotopic (exact) mass is 287 g/mol. The first-order valence-electron chi connectivity index (χ1n) is 8.57. The Morgan fingerprint density at radius 2 is 1.42 bits per heavy atom. The molecule has 0 aliphatic carbocycles. The van der Waals surface area contributed by atoms with Crippen molar-refractivity contribution >= 4 is 11.8 Å². The van der Waals surface area contributed by atoms with Gasteiger partial charge in [0.2, 0.25) is 0 Å². The largest absolute Gasteiger partial charge is 0.314 e. The van der Waals surface area contributed by atoms with Crippen LogP contribution in [0.2, 0.25) is 0 Å². The summed E-state index contributed by atoms with van der Waals surface area (Å²) in [5.41, 5.74) is 0. The van der Waals surface area contributed by atoms with Crippen molar-refractivity contribution in [3.63, 3.8) is 0 Å². The molecule has 0 saturated carbocycles. The van der Waals surface area contributed by atoms with E-state index in [1.54, 1.807) is 0 Å². The van der Waals surface area contributed by atoms with Crippen molar-refractivity contribution in [1.29, 1.82) is 0 Å². The average molecular weight is 288 g/mol. The van der Waals surface area contributed by atoms with Crippen molar-refractivity contribution in [1.82, 2.24) is 5.32 Å². The Bertz CT molecular complexity index is 151. The van der Waals surface area contributed by atoms with E-state index in [1.165, 1.54) is 82.9 Å². The second-order valence-corrected chi connectivity index (χ2v) is 6.68. The number of rotatable bonds is 15. The SMILES string of the molecule is CCCCCC(CCCCC)NCCCCCSC. The van der Waals surface area contributed by atoms with E-state index in [1.807, 2.05) is 11.8 Å². The van der Waals surface area contributed by atoms with Crippen LogP contribution in [0.1, 0.15) is 84.5 Å². The zero-order valence-electron chi connectivity index (χ0n) is 13.7. The maximum atomic E-state index is 3.81. The van der Waals surface area contributed by atoms with Gasteiger partial charge in [-0.05, 0) is 44.2 Å². The first-order valence-corrected chi connectivity index (χ1v) is 9.96. The van der Waals surface area contributed by atoms with Crippen LogP contribution < -0.4 is 5.32 Å². The van der Waals surface area contributed by atoms with Crippen molar-refractivity contribution in [3.8, 4) is 0 Å². The number of hydrogen-bond acceptors (Lipinski definition) is 2. The van der Waals surface area contributed by atoms with Gasteiger partial charge >= 0.3 is 0 Å². The third-order valence-corrected chi connectivity index (χ3v) is 4.47. The fraction of sp³-hybridized carbons (Fsp3) is 1.00. The molecule has 0 aromatic heterocycles. The summed E-state index contributed by atoms with van der Waals surface area (Å²) >= 11 is 1.97. The average Bonchev–Trinajstić information content (AvgIpc) is 2.42. The molecule has 0 unspecified atom stereocenters. The van der Waals surface area contributed by atoms with Gasteiger partial charge in [-0.25, -0.2) is 0 Å². The Morgan fingerprint density at radius 3 is 1.95 bits per heavy atom. The zero-order chi connectivity index (χ0) is 14.2. The van der Waals surface area contributed by atoms with Crippen molar-refractivity contribution in [2.75, 3.05) is 18.6 Å². The Labute approximate surface area is 126 Å². The number of hydrogen-bond donors (Lipinski definition) is 1. The molecule has 0 heterocycles. The van der Waals surface area contributed by atoms with Gasteiger partial charge < -0.3 is 5.32 Å². The molecule has 2 heteroatoms. The minimum atomic E-state index is 0.790. The summed E-state index contributed by atoms with van der Waals surface area (Å²) in [4.78, 5) is 0. The van der Waals surface area contributed by atoms with Crippen LogP contribution in [0.3, 0.4) is 0 Å². The van der Waals surface area contributed by atoms with Crippen LogP contribution in [0.5, 0.6) is 0 Å². The zero-order valence-corrected chi connectivity index (χ0v) is 14.5. The van der Waals surface area contributed by atoms with Gasteiger partial charge in [-0.3, -0.25) is 0 Å². The Kier molecular flexibility index (Phi) is 16.6. The first-order chi connectivity index (χ1) is 9.35. The minimum absolute atomic E-state index is 0.790. The van der Waals surface area contributed by atoms with E-state index in [0.717, 1.165) is 6.04 Å². The molecule has 0 spiro atoms. The van der Waals surface area contributed by atoms with Gasteiger partial charge in [-0.15, -0.1) is 0 Å². The first kappa shape index (κ1) is 19.3. The van der Waals surface area contributed by atoms with Gasteiger partial charge in [0.05, 0.1) is 0 Å². The van der Waals surface area contributed by atoms with E-state index in [9.17, 15) is 0 Å². The Hall–Kier alpha value is 0.310. The van der Waals surface area contributed by atoms with Crippen LogP contribution in [0.4, 0.5) is 0 Å². The van der Waals surface area contributed by atoms with Crippen LogP contribution in [0.15, 0.2) is 0 Å². The standard InChI is InChI=1S/C17H37NS/c1-4-6-9-13-17(14-10-7-5-2)18-15-11-8-12-16-19-3/h17-18H,4-16H2,1-3H3. The summed E-state index contributed by atoms with van der Waals surface area (Å²) in [6.07, 6.45) is 17.4. The van der Waals surface area contributed by atoms with E-state index >= 15 is 0 Å². The lowest BCUT2D eigenvalue weighted by molar-refractivity contribution is 0.414. The maximum Gasteiger partial charge on any atom is 0.00670 e. The fourth-order valence-corrected chi connectivity index (χ4v) is 2.98. The Morgan fingerprint density at radius 1 is 0.789 bits per heavy atom. The molecule has 1 nitrogen and oxygen atoms in total. The molecule has 0 bridgehead atoms. The van der Waals surface area contributed by atoms with Crippen molar-refractivity contribution in [3.05, 3.63) is 0 Å². The molecular weight excluding hydrogens is 250 g/mol. The molecule has 0 saturated heterocycles. The third-order valence-electron chi connectivity index (χ3n) is 3.77. The predicted octanol–water partition coefficient (Wildman–Crippen LogP) is 5.64. The summed E-state index contributed by atoms with van der Waals surface area (Å²) in [5, 5.41) is 3.81. The lowest BCUT2D eigenvalue weighted by Gasteiger charge is -2.18. The van der Waals surface area contributed by atoms with Gasteiger partial charge in [0.25, 0.3) is 0 Å². The second-order valence-electron chi connectivity index (χ2n) is 5.70. The summed E-state index contributed by atoms with van der Waals surface area (Å²) < 4.78 is 0. The Balaban J connectivity index is 3.58. The second kappa shape index (κ2) is 16.4. The molecule has 0 rings (SSSR count). The highest BCUT2D eigenvalue weighted by molar-refractivity contribution is 7.98. The number of nitrogens with one attached hydrogen (secondary N) is 1. The number of thioether (sulfide) groups is 1. The number of unbranched alkanes of at least 4 members (excludes halogenated alkanes) is 6. The molecular formula is C17H37NS. The summed E-state index contributed by atoms with van der Waals surface area (Å²) in [5.74, 6) is 1.33. The molecule has 0 aliphatic heterocycles. The molecule has 0 atom stereocenters. The molecule has 116 valence electrons. The van der Waals surface area contributed by atoms with Crippen LogP contribution in [0.25, 0.3) is 0 Å². The maximum absolute atomic E-state index is 3.81. The van der Waals surface area contributed by atoms with Crippen molar-refractivity contribution in [2.45, 2.75) is 90.5 Å². The molecule has 0 radical (unpaired) electrons. The van der Waals surface area contributed by atoms with E-state index < -0.39 is 0 Å². The summed E-state index contributed by atoms with van der Waals surface area (Å²) in [6.45, 7) is 5.83. The minimum Gasteiger partial charge on any atom is -0.314 e. The van der Waals surface area contributed by atoms with Gasteiger partial charge in [-0.1, -0.05) is 58.8 Å². The predicted molar refractivity (Wildman–Crippen MR) is 92.3 cm³/mol.